The number of carbonyl (C=O) groups is 2. The molecule has 0 aliphatic carbocycles. The molecule has 0 saturated heterocycles. The van der Waals surface area contributed by atoms with E-state index in [1.807, 2.05) is 0 Å². The molecule has 0 unspecified atom stereocenters. The van der Waals surface area contributed by atoms with E-state index in [9.17, 15) is 9.59 Å². The van der Waals surface area contributed by atoms with E-state index in [2.05, 4.69) is 20.6 Å². The van der Waals surface area contributed by atoms with Gasteiger partial charge in [0, 0.05) is 38.3 Å². The number of imidazole rings is 1. The molecule has 3 N–H and O–H groups in total. The summed E-state index contributed by atoms with van der Waals surface area (Å²) in [7, 11) is 0. The summed E-state index contributed by atoms with van der Waals surface area (Å²) in [5.74, 6) is 0.825. The average Bonchev–Trinajstić information content (AvgIpc) is 3.16. The van der Waals surface area contributed by atoms with Gasteiger partial charge in [0.2, 0.25) is 5.91 Å². The summed E-state index contributed by atoms with van der Waals surface area (Å²) in [5.41, 5.74) is 0. The molecule has 7 nitrogen and oxygen atoms in total. The first kappa shape index (κ1) is 14.8. The monoisotopic (exact) mass is 290 g/mol. The Morgan fingerprint density at radius 1 is 1.29 bits per heavy atom. The lowest BCUT2D eigenvalue weighted by Crippen LogP contribution is -2.28. The number of furan rings is 1. The third-order valence-electron chi connectivity index (χ3n) is 2.85. The predicted octanol–water partition coefficient (Wildman–Crippen LogP) is 0.872. The van der Waals surface area contributed by atoms with Gasteiger partial charge in [-0.05, 0) is 18.6 Å². The highest BCUT2D eigenvalue weighted by Crippen LogP contribution is 1.99. The summed E-state index contributed by atoms with van der Waals surface area (Å²) < 4.78 is 4.96. The van der Waals surface area contributed by atoms with E-state index in [-0.39, 0.29) is 17.6 Å². The van der Waals surface area contributed by atoms with Crippen LogP contribution in [0, 0.1) is 0 Å². The zero-order valence-electron chi connectivity index (χ0n) is 11.6. The normalized spacial score (nSPS) is 10.3. The van der Waals surface area contributed by atoms with Crippen LogP contribution in [0.5, 0.6) is 0 Å². The van der Waals surface area contributed by atoms with E-state index in [1.54, 1.807) is 24.5 Å². The van der Waals surface area contributed by atoms with Gasteiger partial charge in [-0.25, -0.2) is 4.98 Å². The fraction of sp³-hybridized carbons (Fsp3) is 0.357. The van der Waals surface area contributed by atoms with E-state index in [0.29, 0.717) is 32.4 Å². The molecule has 2 heterocycles. The second-order valence-corrected chi connectivity index (χ2v) is 4.47. The van der Waals surface area contributed by atoms with Gasteiger partial charge >= 0.3 is 0 Å². The van der Waals surface area contributed by atoms with Crippen molar-refractivity contribution in [2.45, 2.75) is 19.3 Å². The number of nitrogens with one attached hydrogen (secondary N) is 3. The summed E-state index contributed by atoms with van der Waals surface area (Å²) in [6.07, 6.45) is 6.50. The van der Waals surface area contributed by atoms with Gasteiger partial charge in [-0.2, -0.15) is 0 Å². The summed E-state index contributed by atoms with van der Waals surface area (Å²) >= 11 is 0. The van der Waals surface area contributed by atoms with E-state index < -0.39 is 0 Å². The molecule has 21 heavy (non-hydrogen) atoms. The number of nitrogens with zero attached hydrogens (tertiary/aromatic N) is 1. The fourth-order valence-corrected chi connectivity index (χ4v) is 1.79. The fourth-order valence-electron chi connectivity index (χ4n) is 1.79. The Kier molecular flexibility index (Phi) is 5.57. The van der Waals surface area contributed by atoms with Crippen molar-refractivity contribution in [3.8, 4) is 0 Å². The SMILES string of the molecule is O=C(CCCNC(=O)c1ccco1)NCCc1ncc[nH]1. The third kappa shape index (κ3) is 5.13. The molecular weight excluding hydrogens is 272 g/mol. The highest BCUT2D eigenvalue weighted by molar-refractivity contribution is 5.91. The van der Waals surface area contributed by atoms with Crippen LogP contribution in [-0.4, -0.2) is 34.9 Å². The van der Waals surface area contributed by atoms with Crippen LogP contribution in [0.25, 0.3) is 0 Å². The van der Waals surface area contributed by atoms with Crippen LogP contribution in [0.1, 0.15) is 29.2 Å². The van der Waals surface area contributed by atoms with E-state index in [0.717, 1.165) is 5.82 Å². The molecule has 0 aliphatic heterocycles. The van der Waals surface area contributed by atoms with E-state index in [1.165, 1.54) is 6.26 Å². The average molecular weight is 290 g/mol. The molecule has 0 atom stereocenters. The maximum atomic E-state index is 11.6. The van der Waals surface area contributed by atoms with Crippen molar-refractivity contribution in [2.75, 3.05) is 13.1 Å². The lowest BCUT2D eigenvalue weighted by molar-refractivity contribution is -0.121. The standard InChI is InChI=1S/C14H18N4O3/c19-13(17-7-5-12-15-8-9-16-12)4-1-6-18-14(20)11-3-2-10-21-11/h2-3,8-10H,1,4-7H2,(H,15,16)(H,17,19)(H,18,20). The lowest BCUT2D eigenvalue weighted by Gasteiger charge is -2.05. The molecule has 0 bridgehead atoms. The molecular formula is C14H18N4O3. The van der Waals surface area contributed by atoms with Crippen molar-refractivity contribution in [2.24, 2.45) is 0 Å². The summed E-state index contributed by atoms with van der Waals surface area (Å²) in [6.45, 7) is 0.982. The van der Waals surface area contributed by atoms with Gasteiger partial charge < -0.3 is 20.0 Å². The van der Waals surface area contributed by atoms with Crippen LogP contribution < -0.4 is 10.6 Å². The Bertz CT molecular complexity index is 549. The maximum absolute atomic E-state index is 11.6. The number of amides is 2. The minimum atomic E-state index is -0.266. The number of aromatic nitrogens is 2. The molecule has 2 aromatic rings. The first-order valence-corrected chi connectivity index (χ1v) is 6.82. The zero-order chi connectivity index (χ0) is 14.9. The zero-order valence-corrected chi connectivity index (χ0v) is 11.6. The molecule has 2 amide bonds. The topological polar surface area (TPSA) is 100 Å². The van der Waals surface area contributed by atoms with Crippen molar-refractivity contribution in [3.05, 3.63) is 42.4 Å². The second-order valence-electron chi connectivity index (χ2n) is 4.47. The first-order chi connectivity index (χ1) is 10.3. The molecule has 112 valence electrons. The van der Waals surface area contributed by atoms with Crippen LogP contribution >= 0.6 is 0 Å². The highest BCUT2D eigenvalue weighted by atomic mass is 16.3. The predicted molar refractivity (Wildman–Crippen MR) is 75.6 cm³/mol. The Hall–Kier alpha value is -2.57. The molecule has 0 saturated carbocycles. The molecule has 2 rings (SSSR count). The van der Waals surface area contributed by atoms with Crippen LogP contribution in [-0.2, 0) is 11.2 Å². The Morgan fingerprint density at radius 3 is 2.90 bits per heavy atom. The largest absolute Gasteiger partial charge is 0.459 e. The maximum Gasteiger partial charge on any atom is 0.286 e. The van der Waals surface area contributed by atoms with Gasteiger partial charge in [-0.15, -0.1) is 0 Å². The van der Waals surface area contributed by atoms with Crippen LogP contribution in [0.3, 0.4) is 0 Å². The summed E-state index contributed by atoms with van der Waals surface area (Å²) in [6, 6.07) is 3.25. The minimum absolute atomic E-state index is 0.0335. The molecule has 0 aliphatic rings. The number of aromatic amines is 1. The van der Waals surface area contributed by atoms with Crippen LogP contribution in [0.4, 0.5) is 0 Å². The minimum Gasteiger partial charge on any atom is -0.459 e. The van der Waals surface area contributed by atoms with Gasteiger partial charge in [-0.3, -0.25) is 9.59 Å². The second kappa shape index (κ2) is 7.88. The van der Waals surface area contributed by atoms with Crippen molar-refractivity contribution in [1.82, 2.24) is 20.6 Å². The van der Waals surface area contributed by atoms with Gasteiger partial charge in [0.05, 0.1) is 6.26 Å². The van der Waals surface area contributed by atoms with Crippen LogP contribution in [0.15, 0.2) is 35.2 Å². The number of rotatable bonds is 8. The number of carbonyl (C=O) groups excluding carboxylic acids is 2. The quantitative estimate of drug-likeness (QED) is 0.628. The smallest absolute Gasteiger partial charge is 0.286 e. The van der Waals surface area contributed by atoms with Crippen molar-refractivity contribution in [3.63, 3.8) is 0 Å². The van der Waals surface area contributed by atoms with Crippen molar-refractivity contribution >= 4 is 11.8 Å². The van der Waals surface area contributed by atoms with Gasteiger partial charge in [0.15, 0.2) is 5.76 Å². The van der Waals surface area contributed by atoms with E-state index >= 15 is 0 Å². The highest BCUT2D eigenvalue weighted by Gasteiger charge is 2.07. The first-order valence-electron chi connectivity index (χ1n) is 6.82. The van der Waals surface area contributed by atoms with Crippen molar-refractivity contribution < 1.29 is 14.0 Å². The van der Waals surface area contributed by atoms with Gasteiger partial charge in [0.1, 0.15) is 5.82 Å². The third-order valence-corrected chi connectivity index (χ3v) is 2.85. The lowest BCUT2D eigenvalue weighted by atomic mass is 10.3. The Balaban J connectivity index is 1.52. The molecule has 2 aromatic heterocycles. The summed E-state index contributed by atoms with van der Waals surface area (Å²) in [5, 5.41) is 5.50. The molecule has 0 radical (unpaired) electrons. The van der Waals surface area contributed by atoms with Crippen molar-refractivity contribution in [1.29, 1.82) is 0 Å². The number of hydrogen-bond acceptors (Lipinski definition) is 4. The molecule has 0 spiro atoms. The van der Waals surface area contributed by atoms with Crippen LogP contribution in [0.2, 0.25) is 0 Å². The Labute approximate surface area is 122 Å². The van der Waals surface area contributed by atoms with Gasteiger partial charge in [0.25, 0.3) is 5.91 Å². The molecule has 7 heteroatoms. The number of H-pyrrole nitrogens is 1. The number of hydrogen-bond donors (Lipinski definition) is 3. The van der Waals surface area contributed by atoms with Gasteiger partial charge in [-0.1, -0.05) is 0 Å². The Morgan fingerprint density at radius 2 is 2.19 bits per heavy atom. The summed E-state index contributed by atoms with van der Waals surface area (Å²) in [4.78, 5) is 30.1. The molecule has 0 aromatic carbocycles. The molecule has 0 fully saturated rings. The van der Waals surface area contributed by atoms with E-state index in [4.69, 9.17) is 4.42 Å².